The first kappa shape index (κ1) is 11.6. The van der Waals surface area contributed by atoms with Crippen LogP contribution in [0.4, 0.5) is 0 Å². The number of rotatable bonds is 5. The van der Waals surface area contributed by atoms with Crippen LogP contribution in [0.1, 0.15) is 20.3 Å². The van der Waals surface area contributed by atoms with E-state index in [9.17, 15) is 13.6 Å². The van der Waals surface area contributed by atoms with Crippen LogP contribution in [-0.2, 0) is 20.6 Å². The molecular formula is C7H13O4S-. The number of carbonyl (C=O) groups is 1. The van der Waals surface area contributed by atoms with Crippen molar-refractivity contribution in [3.8, 4) is 0 Å². The van der Waals surface area contributed by atoms with Gasteiger partial charge in [-0.1, -0.05) is 20.3 Å². The number of esters is 1. The molecule has 0 aromatic heterocycles. The highest BCUT2D eigenvalue weighted by atomic mass is 32.2. The molecule has 0 radical (unpaired) electrons. The third kappa shape index (κ3) is 6.30. The van der Waals surface area contributed by atoms with E-state index in [1.165, 1.54) is 0 Å². The van der Waals surface area contributed by atoms with Gasteiger partial charge in [-0.15, -0.1) is 0 Å². The zero-order chi connectivity index (χ0) is 9.56. The average Bonchev–Trinajstić information content (AvgIpc) is 1.99. The first-order chi connectivity index (χ1) is 5.56. The lowest BCUT2D eigenvalue weighted by molar-refractivity contribution is -0.141. The Morgan fingerprint density at radius 2 is 2.25 bits per heavy atom. The van der Waals surface area contributed by atoms with Crippen molar-refractivity contribution < 1.29 is 18.3 Å². The van der Waals surface area contributed by atoms with E-state index in [0.29, 0.717) is 6.61 Å². The third-order valence-electron chi connectivity index (χ3n) is 1.46. The van der Waals surface area contributed by atoms with Crippen LogP contribution in [-0.4, -0.2) is 27.1 Å². The standard InChI is InChI=1S/C7H14O4S/c1-3-6(2)4-11-7(8)5-12(9)10/h6H,3-5H2,1-2H3,(H,9,10)/p-1. The van der Waals surface area contributed by atoms with Crippen molar-refractivity contribution in [2.24, 2.45) is 5.92 Å². The molecular weight excluding hydrogens is 180 g/mol. The molecule has 0 rings (SSSR count). The van der Waals surface area contributed by atoms with Gasteiger partial charge in [-0.05, 0) is 17.0 Å². The van der Waals surface area contributed by atoms with Crippen molar-refractivity contribution in [3.05, 3.63) is 0 Å². The topological polar surface area (TPSA) is 66.4 Å². The van der Waals surface area contributed by atoms with Crippen LogP contribution in [0.3, 0.4) is 0 Å². The fraction of sp³-hybridized carbons (Fsp3) is 0.857. The molecule has 12 heavy (non-hydrogen) atoms. The van der Waals surface area contributed by atoms with Crippen molar-refractivity contribution in [1.82, 2.24) is 0 Å². The van der Waals surface area contributed by atoms with Gasteiger partial charge in [-0.3, -0.25) is 9.00 Å². The number of hydrogen-bond acceptors (Lipinski definition) is 4. The summed E-state index contributed by atoms with van der Waals surface area (Å²) in [7, 11) is 0. The summed E-state index contributed by atoms with van der Waals surface area (Å²) in [5.74, 6) is -0.936. The highest BCUT2D eigenvalue weighted by Crippen LogP contribution is 2.00. The van der Waals surface area contributed by atoms with Gasteiger partial charge in [0, 0.05) is 0 Å². The fourth-order valence-corrected chi connectivity index (χ4v) is 0.767. The van der Waals surface area contributed by atoms with E-state index in [-0.39, 0.29) is 5.92 Å². The Bertz CT molecular complexity index is 169. The third-order valence-corrected chi connectivity index (χ3v) is 1.93. The Labute approximate surface area is 74.6 Å². The highest BCUT2D eigenvalue weighted by Gasteiger charge is 2.05. The molecule has 5 heteroatoms. The molecule has 0 bridgehead atoms. The van der Waals surface area contributed by atoms with Gasteiger partial charge in [0.1, 0.15) is 5.75 Å². The normalized spacial score (nSPS) is 15.2. The van der Waals surface area contributed by atoms with Crippen LogP contribution in [0.15, 0.2) is 0 Å². The Hall–Kier alpha value is -0.420. The average molecular weight is 193 g/mol. The predicted octanol–water partition coefficient (Wildman–Crippen LogP) is 0.455. The second kappa shape index (κ2) is 6.14. The van der Waals surface area contributed by atoms with E-state index >= 15 is 0 Å². The number of hydrogen-bond donors (Lipinski definition) is 0. The SMILES string of the molecule is CCC(C)COC(=O)CS(=O)[O-]. The van der Waals surface area contributed by atoms with Crippen LogP contribution < -0.4 is 0 Å². The molecule has 2 atom stereocenters. The lowest BCUT2D eigenvalue weighted by Gasteiger charge is -2.10. The van der Waals surface area contributed by atoms with Crippen LogP contribution in [0.2, 0.25) is 0 Å². The summed E-state index contributed by atoms with van der Waals surface area (Å²) in [6.45, 7) is 4.21. The molecule has 0 fully saturated rings. The van der Waals surface area contributed by atoms with Crippen molar-refractivity contribution >= 4 is 17.0 Å². The van der Waals surface area contributed by atoms with Gasteiger partial charge < -0.3 is 9.29 Å². The summed E-state index contributed by atoms with van der Waals surface area (Å²) in [6, 6.07) is 0. The summed E-state index contributed by atoms with van der Waals surface area (Å²) in [6.07, 6.45) is 0.910. The molecule has 72 valence electrons. The second-order valence-corrected chi connectivity index (χ2v) is 3.54. The molecule has 2 unspecified atom stereocenters. The van der Waals surface area contributed by atoms with E-state index in [2.05, 4.69) is 4.74 Å². The Morgan fingerprint density at radius 1 is 1.67 bits per heavy atom. The minimum absolute atomic E-state index is 0.286. The Kier molecular flexibility index (Phi) is 5.92. The molecule has 0 aliphatic heterocycles. The van der Waals surface area contributed by atoms with E-state index < -0.39 is 22.8 Å². The largest absolute Gasteiger partial charge is 0.772 e. The molecule has 0 aliphatic rings. The molecule has 0 saturated carbocycles. The zero-order valence-electron chi connectivity index (χ0n) is 7.24. The van der Waals surface area contributed by atoms with E-state index in [0.717, 1.165) is 6.42 Å². The summed E-state index contributed by atoms with van der Waals surface area (Å²) in [5.41, 5.74) is 0. The smallest absolute Gasteiger partial charge is 0.317 e. The van der Waals surface area contributed by atoms with Gasteiger partial charge in [0.2, 0.25) is 0 Å². The summed E-state index contributed by atoms with van der Waals surface area (Å²) < 4.78 is 24.7. The molecule has 0 N–H and O–H groups in total. The highest BCUT2D eigenvalue weighted by molar-refractivity contribution is 7.79. The molecule has 0 heterocycles. The zero-order valence-corrected chi connectivity index (χ0v) is 8.06. The molecule has 4 nitrogen and oxygen atoms in total. The lowest BCUT2D eigenvalue weighted by Crippen LogP contribution is -2.17. The van der Waals surface area contributed by atoms with Crippen molar-refractivity contribution in [2.75, 3.05) is 12.4 Å². The van der Waals surface area contributed by atoms with E-state index in [1.807, 2.05) is 13.8 Å². The van der Waals surface area contributed by atoms with Crippen LogP contribution in [0, 0.1) is 5.92 Å². The molecule has 0 aliphatic carbocycles. The van der Waals surface area contributed by atoms with Crippen molar-refractivity contribution in [2.45, 2.75) is 20.3 Å². The van der Waals surface area contributed by atoms with E-state index in [1.54, 1.807) is 0 Å². The van der Waals surface area contributed by atoms with Crippen molar-refractivity contribution in [1.29, 1.82) is 0 Å². The predicted molar refractivity (Wildman–Crippen MR) is 44.2 cm³/mol. The Morgan fingerprint density at radius 3 is 2.67 bits per heavy atom. The van der Waals surface area contributed by atoms with Gasteiger partial charge >= 0.3 is 5.97 Å². The molecule has 0 aromatic carbocycles. The van der Waals surface area contributed by atoms with Gasteiger partial charge in [0.25, 0.3) is 0 Å². The second-order valence-electron chi connectivity index (χ2n) is 2.64. The first-order valence-electron chi connectivity index (χ1n) is 3.77. The number of ether oxygens (including phenoxy) is 1. The number of carbonyl (C=O) groups excluding carboxylic acids is 1. The maximum atomic E-state index is 10.7. The minimum atomic E-state index is -2.34. The van der Waals surface area contributed by atoms with Crippen LogP contribution >= 0.6 is 0 Å². The molecule has 0 spiro atoms. The maximum Gasteiger partial charge on any atom is 0.317 e. The Balaban J connectivity index is 3.50. The maximum absolute atomic E-state index is 10.7. The fourth-order valence-electron chi connectivity index (χ4n) is 0.491. The lowest BCUT2D eigenvalue weighted by atomic mass is 10.1. The van der Waals surface area contributed by atoms with E-state index in [4.69, 9.17) is 0 Å². The van der Waals surface area contributed by atoms with Crippen molar-refractivity contribution in [3.63, 3.8) is 0 Å². The van der Waals surface area contributed by atoms with Crippen LogP contribution in [0.5, 0.6) is 0 Å². The quantitative estimate of drug-likeness (QED) is 0.470. The summed E-state index contributed by atoms with van der Waals surface area (Å²) >= 11 is -2.34. The molecule has 0 saturated heterocycles. The van der Waals surface area contributed by atoms with Gasteiger partial charge in [-0.2, -0.15) is 0 Å². The molecule has 0 amide bonds. The summed E-state index contributed by atoms with van der Waals surface area (Å²) in [4.78, 5) is 10.7. The van der Waals surface area contributed by atoms with Gasteiger partial charge in [0.05, 0.1) is 6.61 Å². The first-order valence-corrected chi connectivity index (χ1v) is 5.02. The minimum Gasteiger partial charge on any atom is -0.772 e. The van der Waals surface area contributed by atoms with Crippen LogP contribution in [0.25, 0.3) is 0 Å². The molecule has 0 aromatic rings. The summed E-state index contributed by atoms with van der Waals surface area (Å²) in [5, 5.41) is 0. The van der Waals surface area contributed by atoms with Gasteiger partial charge in [-0.25, -0.2) is 0 Å². The monoisotopic (exact) mass is 193 g/mol. The van der Waals surface area contributed by atoms with Gasteiger partial charge in [0.15, 0.2) is 0 Å².